The van der Waals surface area contributed by atoms with Gasteiger partial charge in [-0.1, -0.05) is 11.6 Å². The van der Waals surface area contributed by atoms with Gasteiger partial charge in [-0.3, -0.25) is 0 Å². The van der Waals surface area contributed by atoms with Gasteiger partial charge in [0.15, 0.2) is 5.58 Å². The number of ether oxygens (including phenoxy) is 1. The van der Waals surface area contributed by atoms with E-state index in [2.05, 4.69) is 4.98 Å². The molecule has 0 unspecified atom stereocenters. The Labute approximate surface area is 96.1 Å². The van der Waals surface area contributed by atoms with Gasteiger partial charge in [-0.25, -0.2) is 4.79 Å². The predicted octanol–water partition coefficient (Wildman–Crippen LogP) is 2.24. The van der Waals surface area contributed by atoms with E-state index in [9.17, 15) is 4.79 Å². The van der Waals surface area contributed by atoms with Gasteiger partial charge in [0.2, 0.25) is 0 Å². The number of fused-ring (bicyclic) bond motifs is 1. The average molecular weight is 241 g/mol. The summed E-state index contributed by atoms with van der Waals surface area (Å²) in [5, 5.41) is 0.379. The number of rotatable bonds is 2. The van der Waals surface area contributed by atoms with Crippen molar-refractivity contribution in [2.24, 2.45) is 0 Å². The molecule has 16 heavy (non-hydrogen) atoms. The number of aromatic nitrogens is 1. The SMILES string of the molecule is CCOC(=O)c1cc(Cl)cc2nc(N)oc12. The Morgan fingerprint density at radius 3 is 3.06 bits per heavy atom. The summed E-state index contributed by atoms with van der Waals surface area (Å²) < 4.78 is 10.0. The number of carbonyl (C=O) groups excluding carboxylic acids is 1. The zero-order valence-corrected chi connectivity index (χ0v) is 9.25. The van der Waals surface area contributed by atoms with Crippen LogP contribution in [0.15, 0.2) is 16.5 Å². The van der Waals surface area contributed by atoms with E-state index < -0.39 is 5.97 Å². The number of benzene rings is 1. The minimum atomic E-state index is -0.508. The first-order valence-corrected chi connectivity index (χ1v) is 5.02. The minimum Gasteiger partial charge on any atom is -0.462 e. The third-order valence-electron chi connectivity index (χ3n) is 1.97. The molecule has 0 saturated heterocycles. The fourth-order valence-corrected chi connectivity index (χ4v) is 1.59. The van der Waals surface area contributed by atoms with Crippen LogP contribution < -0.4 is 5.73 Å². The lowest BCUT2D eigenvalue weighted by Gasteiger charge is -2.02. The van der Waals surface area contributed by atoms with E-state index in [1.165, 1.54) is 6.07 Å². The van der Waals surface area contributed by atoms with Crippen LogP contribution in [0.1, 0.15) is 17.3 Å². The fourth-order valence-electron chi connectivity index (χ4n) is 1.38. The molecule has 0 atom stereocenters. The highest BCUT2D eigenvalue weighted by molar-refractivity contribution is 6.31. The molecule has 1 aromatic heterocycles. The molecule has 0 saturated carbocycles. The smallest absolute Gasteiger partial charge is 0.342 e. The van der Waals surface area contributed by atoms with E-state index in [0.29, 0.717) is 16.1 Å². The summed E-state index contributed by atoms with van der Waals surface area (Å²) in [6, 6.07) is 3.02. The van der Waals surface area contributed by atoms with Gasteiger partial charge < -0.3 is 14.9 Å². The number of esters is 1. The second-order valence-corrected chi connectivity index (χ2v) is 3.51. The molecule has 2 aromatic rings. The first-order valence-electron chi connectivity index (χ1n) is 4.64. The Balaban J connectivity index is 2.62. The Hall–Kier alpha value is -1.75. The van der Waals surface area contributed by atoms with E-state index in [0.717, 1.165) is 0 Å². The molecule has 1 heterocycles. The third kappa shape index (κ3) is 1.81. The molecule has 0 aliphatic heterocycles. The quantitative estimate of drug-likeness (QED) is 0.815. The first kappa shape index (κ1) is 10.8. The molecule has 1 aromatic carbocycles. The Bertz CT molecular complexity index is 550. The van der Waals surface area contributed by atoms with Gasteiger partial charge in [0.25, 0.3) is 6.01 Å². The van der Waals surface area contributed by atoms with Crippen LogP contribution in [0.2, 0.25) is 5.02 Å². The number of carbonyl (C=O) groups is 1. The van der Waals surface area contributed by atoms with Gasteiger partial charge in [-0.2, -0.15) is 4.98 Å². The minimum absolute atomic E-state index is 0.0113. The summed E-state index contributed by atoms with van der Waals surface area (Å²) in [7, 11) is 0. The monoisotopic (exact) mass is 240 g/mol. The number of nitrogens with zero attached hydrogens (tertiary/aromatic N) is 1. The summed E-state index contributed by atoms with van der Waals surface area (Å²) in [5.74, 6) is -0.508. The molecule has 0 fully saturated rings. The normalized spacial score (nSPS) is 10.6. The maximum Gasteiger partial charge on any atom is 0.342 e. The lowest BCUT2D eigenvalue weighted by atomic mass is 10.2. The van der Waals surface area contributed by atoms with E-state index in [1.54, 1.807) is 13.0 Å². The zero-order chi connectivity index (χ0) is 11.7. The summed E-state index contributed by atoms with van der Waals surface area (Å²) in [4.78, 5) is 15.5. The Kier molecular flexibility index (Phi) is 2.70. The summed E-state index contributed by atoms with van der Waals surface area (Å²) in [6.45, 7) is 1.99. The van der Waals surface area contributed by atoms with Crippen LogP contribution in [-0.4, -0.2) is 17.6 Å². The second kappa shape index (κ2) is 4.02. The van der Waals surface area contributed by atoms with Crippen molar-refractivity contribution in [3.8, 4) is 0 Å². The number of hydrogen-bond acceptors (Lipinski definition) is 5. The molecule has 0 bridgehead atoms. The van der Waals surface area contributed by atoms with Crippen molar-refractivity contribution in [3.05, 3.63) is 22.7 Å². The van der Waals surface area contributed by atoms with Crippen molar-refractivity contribution in [3.63, 3.8) is 0 Å². The summed E-state index contributed by atoms with van der Waals surface area (Å²) in [5.41, 5.74) is 6.37. The van der Waals surface area contributed by atoms with Gasteiger partial charge in [-0.15, -0.1) is 0 Å². The van der Waals surface area contributed by atoms with Gasteiger partial charge in [0, 0.05) is 5.02 Å². The van der Waals surface area contributed by atoms with Gasteiger partial charge >= 0.3 is 5.97 Å². The molecule has 2 N–H and O–H groups in total. The van der Waals surface area contributed by atoms with Crippen LogP contribution in [0.4, 0.5) is 6.01 Å². The lowest BCUT2D eigenvalue weighted by Crippen LogP contribution is -2.04. The van der Waals surface area contributed by atoms with E-state index in [-0.39, 0.29) is 18.2 Å². The molecule has 0 radical (unpaired) electrons. The highest BCUT2D eigenvalue weighted by Crippen LogP contribution is 2.26. The third-order valence-corrected chi connectivity index (χ3v) is 2.18. The number of halogens is 1. The van der Waals surface area contributed by atoms with Crippen molar-refractivity contribution >= 4 is 34.7 Å². The lowest BCUT2D eigenvalue weighted by molar-refractivity contribution is 0.0527. The van der Waals surface area contributed by atoms with E-state index in [1.807, 2.05) is 0 Å². The van der Waals surface area contributed by atoms with E-state index in [4.69, 9.17) is 26.5 Å². The van der Waals surface area contributed by atoms with Crippen molar-refractivity contribution in [2.75, 3.05) is 12.3 Å². The summed E-state index contributed by atoms with van der Waals surface area (Å²) in [6.07, 6.45) is 0. The van der Waals surface area contributed by atoms with Crippen molar-refractivity contribution < 1.29 is 13.9 Å². The molecular weight excluding hydrogens is 232 g/mol. The molecule has 84 valence electrons. The molecule has 0 aliphatic carbocycles. The topological polar surface area (TPSA) is 78.3 Å². The Morgan fingerprint density at radius 2 is 2.38 bits per heavy atom. The fraction of sp³-hybridized carbons (Fsp3) is 0.200. The highest BCUT2D eigenvalue weighted by Gasteiger charge is 2.17. The number of oxazole rings is 1. The molecule has 0 spiro atoms. The van der Waals surface area contributed by atoms with Crippen molar-refractivity contribution in [2.45, 2.75) is 6.92 Å². The molecule has 0 aliphatic rings. The van der Waals surface area contributed by atoms with E-state index >= 15 is 0 Å². The van der Waals surface area contributed by atoms with Crippen LogP contribution in [-0.2, 0) is 4.74 Å². The predicted molar refractivity (Wildman–Crippen MR) is 59.4 cm³/mol. The molecular formula is C10H9ClN2O3. The highest BCUT2D eigenvalue weighted by atomic mass is 35.5. The standard InChI is InChI=1S/C10H9ClN2O3/c1-2-15-9(14)6-3-5(11)4-7-8(6)16-10(12)13-7/h3-4H,2H2,1H3,(H2,12,13). The van der Waals surface area contributed by atoms with Crippen molar-refractivity contribution in [1.29, 1.82) is 0 Å². The average Bonchev–Trinajstić information content (AvgIpc) is 2.57. The molecule has 0 amide bonds. The molecule has 5 nitrogen and oxygen atoms in total. The van der Waals surface area contributed by atoms with Gasteiger partial charge in [0.1, 0.15) is 11.1 Å². The Morgan fingerprint density at radius 1 is 1.62 bits per heavy atom. The number of nitrogens with two attached hydrogens (primary N) is 1. The van der Waals surface area contributed by atoms with Crippen molar-refractivity contribution in [1.82, 2.24) is 4.98 Å². The van der Waals surface area contributed by atoms with Crippen LogP contribution in [0.5, 0.6) is 0 Å². The summed E-state index contributed by atoms with van der Waals surface area (Å²) >= 11 is 5.85. The van der Waals surface area contributed by atoms with Crippen LogP contribution in [0.25, 0.3) is 11.1 Å². The number of anilines is 1. The number of hydrogen-bond donors (Lipinski definition) is 1. The maximum absolute atomic E-state index is 11.6. The molecule has 2 rings (SSSR count). The molecule has 6 heteroatoms. The van der Waals surface area contributed by atoms with Crippen LogP contribution >= 0.6 is 11.6 Å². The second-order valence-electron chi connectivity index (χ2n) is 3.07. The zero-order valence-electron chi connectivity index (χ0n) is 8.49. The van der Waals surface area contributed by atoms with Crippen LogP contribution in [0, 0.1) is 0 Å². The number of nitrogen functional groups attached to an aromatic ring is 1. The maximum atomic E-state index is 11.6. The first-order chi connectivity index (χ1) is 7.61. The van der Waals surface area contributed by atoms with Crippen LogP contribution in [0.3, 0.4) is 0 Å². The van der Waals surface area contributed by atoms with Gasteiger partial charge in [0.05, 0.1) is 6.61 Å². The largest absolute Gasteiger partial charge is 0.462 e. The van der Waals surface area contributed by atoms with Gasteiger partial charge in [-0.05, 0) is 19.1 Å².